The summed E-state index contributed by atoms with van der Waals surface area (Å²) in [6.07, 6.45) is -0.875. The van der Waals surface area contributed by atoms with Crippen molar-refractivity contribution in [3.63, 3.8) is 0 Å². The zero-order valence-electron chi connectivity index (χ0n) is 59.4. The Kier molecular flexibility index (Phi) is 17.9. The molecule has 0 atom stereocenters. The Hall–Kier alpha value is -6.55. The first-order chi connectivity index (χ1) is 46.2. The van der Waals surface area contributed by atoms with E-state index >= 15 is 0 Å². The van der Waals surface area contributed by atoms with E-state index in [0.29, 0.717) is 23.0 Å². The van der Waals surface area contributed by atoms with E-state index in [1.165, 1.54) is 33.4 Å². The van der Waals surface area contributed by atoms with Crippen LogP contribution in [0.2, 0.25) is 0 Å². The maximum Gasteiger partial charge on any atom is 0.499 e. The molecular weight excluding hydrogens is 1330 g/mol. The van der Waals surface area contributed by atoms with Gasteiger partial charge in [-0.3, -0.25) is 0 Å². The molecule has 6 nitrogen and oxygen atoms in total. The number of hydrogen-bond donors (Lipinski definition) is 0. The van der Waals surface area contributed by atoms with Gasteiger partial charge in [-0.2, -0.15) is 0 Å². The molecule has 4 bridgehead atoms. The first kappa shape index (κ1) is 68.6. The number of amidine groups is 2. The smallest absolute Gasteiger partial charge is 0.319 e. The molecule has 9 aromatic carbocycles. The van der Waals surface area contributed by atoms with E-state index in [1.807, 2.05) is 0 Å². The van der Waals surface area contributed by atoms with Crippen LogP contribution in [0.3, 0.4) is 0 Å². The van der Waals surface area contributed by atoms with Crippen LogP contribution in [0.25, 0.3) is 21.5 Å². The van der Waals surface area contributed by atoms with Crippen LogP contribution in [0.4, 0.5) is 11.6 Å². The van der Waals surface area contributed by atoms with Crippen LogP contribution in [-0.2, 0) is 32.5 Å². The van der Waals surface area contributed by atoms with Gasteiger partial charge in [0.2, 0.25) is 0 Å². The van der Waals surface area contributed by atoms with E-state index in [2.05, 4.69) is 316 Å². The molecule has 0 saturated heterocycles. The van der Waals surface area contributed by atoms with Crippen molar-refractivity contribution in [3.8, 4) is 0 Å². The Balaban J connectivity index is 1.10. The lowest BCUT2D eigenvalue weighted by Crippen LogP contribution is -2.45. The zero-order valence-corrected chi connectivity index (χ0v) is 65.1. The normalized spacial score (nSPS) is 14.0. The van der Waals surface area contributed by atoms with Gasteiger partial charge in [0.1, 0.15) is 22.6 Å². The lowest BCUT2D eigenvalue weighted by atomic mass is 9.87. The van der Waals surface area contributed by atoms with Gasteiger partial charge in [0.05, 0.1) is 0 Å². The molecule has 0 unspecified atom stereocenters. The monoisotopic (exact) mass is 1410 g/mol. The Labute approximate surface area is 610 Å². The molecule has 11 aromatic rings. The third-order valence-electron chi connectivity index (χ3n) is 18.6. The number of benzene rings is 9. The van der Waals surface area contributed by atoms with Gasteiger partial charge in [-0.15, -0.1) is 11.5 Å². The molecule has 2 aromatic heterocycles. The van der Waals surface area contributed by atoms with Crippen LogP contribution in [0.1, 0.15) is 169 Å². The van der Waals surface area contributed by atoms with Crippen LogP contribution in [0.5, 0.6) is 0 Å². The maximum absolute atomic E-state index is 8.57. The molecule has 0 fully saturated rings. The fraction of sp³-hybridized carbons (Fsp3) is 0.286. The lowest BCUT2D eigenvalue weighted by Gasteiger charge is -2.19. The van der Waals surface area contributed by atoms with Crippen molar-refractivity contribution in [2.24, 2.45) is 20.0 Å². The van der Waals surface area contributed by atoms with Gasteiger partial charge in [-0.05, 0) is 175 Å². The summed E-state index contributed by atoms with van der Waals surface area (Å²) in [5.74, 6) is 2.56. The van der Waals surface area contributed by atoms with Gasteiger partial charge >= 0.3 is 6.40 Å². The fourth-order valence-electron chi connectivity index (χ4n) is 12.7. The summed E-state index contributed by atoms with van der Waals surface area (Å²) < 4.78 is 4.35. The molecule has 0 aliphatic carbocycles. The number of fused-ring (bicyclic) bond motifs is 10. The SMILES string of the molecule is CC(C)(C)c1ccc(Sc2cc(Sc3ccc(C(C)(C)C)cc3)c3c4n5c(c3c2)N=c2c3c(Sc6ccc(C(C)(C)C)cc6)ccc(Sc6ccc(C(C)(C)C)cc6)c3c(n2B5Cl)=NC2=NC(=N4)c3c(Sc4ccc(C(C)(C)C)cc4)ccc(Sc4ccc(C(C)(C)C)cc4)c32)cc1. The van der Waals surface area contributed by atoms with Crippen molar-refractivity contribution < 1.29 is 0 Å². The van der Waals surface area contributed by atoms with E-state index in [0.717, 1.165) is 103 Å². The molecule has 0 spiro atoms. The molecule has 3 aliphatic heterocycles. The molecule has 0 amide bonds. The van der Waals surface area contributed by atoms with Crippen molar-refractivity contribution >= 4 is 133 Å². The predicted octanol–water partition coefficient (Wildman–Crippen LogP) is 24.6. The van der Waals surface area contributed by atoms with Crippen LogP contribution >= 0.6 is 82.0 Å². The van der Waals surface area contributed by atoms with Crippen molar-refractivity contribution in [3.05, 3.63) is 237 Å². The minimum absolute atomic E-state index is 0.00414. The molecular formula is C84H84BClN6S6. The molecule has 0 N–H and O–H groups in total. The lowest BCUT2D eigenvalue weighted by molar-refractivity contribution is 0.589. The molecule has 0 radical (unpaired) electrons. The topological polar surface area (TPSA) is 59.3 Å². The number of hydrogen-bond acceptors (Lipinski definition) is 10. The van der Waals surface area contributed by atoms with E-state index < -0.39 is 6.40 Å². The molecule has 5 heterocycles. The fourth-order valence-corrected chi connectivity index (χ4v) is 18.9. The minimum atomic E-state index is -0.875. The van der Waals surface area contributed by atoms with Gasteiger partial charge < -0.3 is 8.96 Å². The first-order valence-electron chi connectivity index (χ1n) is 33.8. The van der Waals surface area contributed by atoms with Crippen molar-refractivity contribution in [2.45, 2.75) is 216 Å². The van der Waals surface area contributed by atoms with Crippen molar-refractivity contribution in [1.82, 2.24) is 8.96 Å². The molecule has 0 saturated carbocycles. The van der Waals surface area contributed by atoms with E-state index in [9.17, 15) is 0 Å². The third-order valence-corrected chi connectivity index (χ3v) is 25.3. The summed E-state index contributed by atoms with van der Waals surface area (Å²) in [4.78, 5) is 36.9. The number of aromatic nitrogens is 2. The average Bonchev–Trinajstić information content (AvgIpc) is 1.53. The van der Waals surface area contributed by atoms with Crippen LogP contribution in [-0.4, -0.2) is 27.0 Å². The van der Waals surface area contributed by atoms with Crippen LogP contribution in [0.15, 0.2) is 261 Å². The minimum Gasteiger partial charge on any atom is -0.319 e. The molecule has 3 aliphatic rings. The Morgan fingerprint density at radius 3 is 0.918 bits per heavy atom. The number of nitrogens with zero attached hydrogens (tertiary/aromatic N) is 6. The summed E-state index contributed by atoms with van der Waals surface area (Å²) in [7, 11) is 0. The van der Waals surface area contributed by atoms with Crippen molar-refractivity contribution in [2.75, 3.05) is 0 Å². The van der Waals surface area contributed by atoms with Gasteiger partial charge in [-0.25, -0.2) is 20.0 Å². The number of aliphatic imine (C=N–C) groups is 2. The third kappa shape index (κ3) is 13.5. The van der Waals surface area contributed by atoms with Gasteiger partial charge in [0.15, 0.2) is 11.7 Å². The summed E-state index contributed by atoms with van der Waals surface area (Å²) >= 11 is 19.1. The van der Waals surface area contributed by atoms with Gasteiger partial charge in [0.25, 0.3) is 0 Å². The Morgan fingerprint density at radius 1 is 0.276 bits per heavy atom. The Morgan fingerprint density at radius 2 is 0.571 bits per heavy atom. The highest BCUT2D eigenvalue weighted by Crippen LogP contribution is 2.52. The second kappa shape index (κ2) is 25.5. The largest absolute Gasteiger partial charge is 0.499 e. The van der Waals surface area contributed by atoms with Crippen LogP contribution < -0.4 is 11.0 Å². The molecule has 98 heavy (non-hydrogen) atoms. The summed E-state index contributed by atoms with van der Waals surface area (Å²) in [6.45, 7) is 40.9. The highest BCUT2D eigenvalue weighted by atomic mass is 35.5. The summed E-state index contributed by atoms with van der Waals surface area (Å²) in [6, 6.07) is 68.2. The standard InChI is InChI=1S/C84H84BClN6S6/c1-79(2,3)49-19-31-55(32-20-49)93-61-47-62-68(67(48-61)98-60-41-29-54(30-42-60)84(16,17)18)76-88-73-69-63(94-56-33-21-50(22-34-56)80(4,5)6)43-44-64(95-57-35-23-51(24-36-57)81(7,8)9)70(69)74(87-73)89-77-71-65(96-58-37-25-52(26-38-58)82(10,11)12)45-46-66(97-59-39-27-53(28-40-59)83(13,14)15)72(71)78-90-75(62)91(76)85(86)92(77)78/h19-48H,1-18H3. The number of halogens is 1. The highest BCUT2D eigenvalue weighted by molar-refractivity contribution is 8.01. The second-order valence-corrected chi connectivity index (χ2v) is 39.3. The quantitative estimate of drug-likeness (QED) is 0.114. The number of rotatable bonds is 12. The maximum atomic E-state index is 8.57. The van der Waals surface area contributed by atoms with E-state index in [1.54, 1.807) is 70.6 Å². The van der Waals surface area contributed by atoms with Gasteiger partial charge in [-0.1, -0.05) is 268 Å². The summed E-state index contributed by atoms with van der Waals surface area (Å²) in [5.41, 5.74) is 11.0. The second-order valence-electron chi connectivity index (χ2n) is 32.2. The highest BCUT2D eigenvalue weighted by Gasteiger charge is 2.40. The molecule has 496 valence electrons. The average molecular weight is 1420 g/mol. The summed E-state index contributed by atoms with van der Waals surface area (Å²) in [5, 5.41) is 3.85. The molecule has 14 heteroatoms. The van der Waals surface area contributed by atoms with E-state index in [-0.39, 0.29) is 32.5 Å². The first-order valence-corrected chi connectivity index (χ1v) is 39.1. The predicted molar refractivity (Wildman–Crippen MR) is 423 cm³/mol. The zero-order chi connectivity index (χ0) is 69.3. The van der Waals surface area contributed by atoms with Crippen molar-refractivity contribution in [1.29, 1.82) is 0 Å². The van der Waals surface area contributed by atoms with Gasteiger partial charge in [0, 0.05) is 91.4 Å². The van der Waals surface area contributed by atoms with Crippen LogP contribution in [0, 0.1) is 0 Å². The van der Waals surface area contributed by atoms with E-state index in [4.69, 9.17) is 31.4 Å². The Bertz CT molecular complexity index is 5160. The molecule has 14 rings (SSSR count).